The standard InChI is InChI=1S/C20H21N3O2/c1-13-12-17(14(2)25-13)20(24)22-19-10-11-21-23(19)18-9-5-7-15-6-3-4-8-16(15)18/h3-4,6,8,10-12,18H,5,7,9H2,1-2H3,(H,22,24). The van der Waals surface area contributed by atoms with Gasteiger partial charge in [-0.15, -0.1) is 0 Å². The number of nitrogens with zero attached hydrogens (tertiary/aromatic N) is 2. The predicted octanol–water partition coefficient (Wildman–Crippen LogP) is 4.27. The Balaban J connectivity index is 1.64. The second kappa shape index (κ2) is 6.24. The van der Waals surface area contributed by atoms with Gasteiger partial charge in [0.05, 0.1) is 17.8 Å². The molecular formula is C20H21N3O2. The van der Waals surface area contributed by atoms with Crippen molar-refractivity contribution < 1.29 is 9.21 Å². The van der Waals surface area contributed by atoms with Crippen molar-refractivity contribution in [2.75, 3.05) is 5.32 Å². The van der Waals surface area contributed by atoms with Crippen LogP contribution < -0.4 is 5.32 Å². The number of aromatic nitrogens is 2. The summed E-state index contributed by atoms with van der Waals surface area (Å²) in [7, 11) is 0. The molecule has 1 amide bonds. The number of fused-ring (bicyclic) bond motifs is 1. The van der Waals surface area contributed by atoms with E-state index in [0.29, 0.717) is 17.1 Å². The molecule has 1 aliphatic rings. The van der Waals surface area contributed by atoms with Crippen LogP contribution in [0.15, 0.2) is 47.0 Å². The molecule has 1 unspecified atom stereocenters. The molecule has 25 heavy (non-hydrogen) atoms. The number of amides is 1. The molecule has 0 radical (unpaired) electrons. The zero-order valence-corrected chi connectivity index (χ0v) is 14.5. The number of carbonyl (C=O) groups is 1. The Kier molecular flexibility index (Phi) is 3.92. The first kappa shape index (κ1) is 15.7. The minimum absolute atomic E-state index is 0.155. The molecule has 0 bridgehead atoms. The summed E-state index contributed by atoms with van der Waals surface area (Å²) in [4.78, 5) is 12.6. The van der Waals surface area contributed by atoms with E-state index in [0.717, 1.165) is 25.0 Å². The molecule has 0 fully saturated rings. The lowest BCUT2D eigenvalue weighted by molar-refractivity contribution is 0.102. The van der Waals surface area contributed by atoms with Crippen molar-refractivity contribution >= 4 is 11.7 Å². The van der Waals surface area contributed by atoms with Crippen molar-refractivity contribution in [2.24, 2.45) is 0 Å². The highest BCUT2D eigenvalue weighted by Gasteiger charge is 2.24. The average molecular weight is 335 g/mol. The van der Waals surface area contributed by atoms with E-state index in [1.54, 1.807) is 19.2 Å². The van der Waals surface area contributed by atoms with E-state index >= 15 is 0 Å². The quantitative estimate of drug-likeness (QED) is 0.777. The molecule has 128 valence electrons. The van der Waals surface area contributed by atoms with Crippen molar-refractivity contribution in [1.82, 2.24) is 9.78 Å². The van der Waals surface area contributed by atoms with Gasteiger partial charge in [0.25, 0.3) is 5.91 Å². The SMILES string of the molecule is Cc1cc(C(=O)Nc2ccnn2C2CCCc3ccccc32)c(C)o1. The molecule has 5 nitrogen and oxygen atoms in total. The fourth-order valence-electron chi connectivity index (χ4n) is 3.68. The Morgan fingerprint density at radius 1 is 1.28 bits per heavy atom. The van der Waals surface area contributed by atoms with E-state index in [4.69, 9.17) is 4.42 Å². The smallest absolute Gasteiger partial charge is 0.260 e. The molecule has 1 N–H and O–H groups in total. The number of anilines is 1. The third-order valence-corrected chi connectivity index (χ3v) is 4.83. The highest BCUT2D eigenvalue weighted by molar-refractivity contribution is 6.04. The normalized spacial score (nSPS) is 16.5. The molecule has 1 aliphatic carbocycles. The largest absolute Gasteiger partial charge is 0.466 e. The minimum atomic E-state index is -0.166. The van der Waals surface area contributed by atoms with E-state index < -0.39 is 0 Å². The summed E-state index contributed by atoms with van der Waals surface area (Å²) in [5, 5.41) is 7.48. The fourth-order valence-corrected chi connectivity index (χ4v) is 3.68. The third kappa shape index (κ3) is 2.86. The van der Waals surface area contributed by atoms with Crippen LogP contribution in [0, 0.1) is 13.8 Å². The number of hydrogen-bond donors (Lipinski definition) is 1. The molecule has 0 saturated carbocycles. The van der Waals surface area contributed by atoms with Crippen molar-refractivity contribution in [3.8, 4) is 0 Å². The predicted molar refractivity (Wildman–Crippen MR) is 95.9 cm³/mol. The maximum absolute atomic E-state index is 12.6. The van der Waals surface area contributed by atoms with Crippen LogP contribution in [0.2, 0.25) is 0 Å². The van der Waals surface area contributed by atoms with Gasteiger partial charge < -0.3 is 9.73 Å². The van der Waals surface area contributed by atoms with Crippen LogP contribution in [0.25, 0.3) is 0 Å². The number of furan rings is 1. The van der Waals surface area contributed by atoms with Crippen LogP contribution in [-0.4, -0.2) is 15.7 Å². The first-order valence-electron chi connectivity index (χ1n) is 8.63. The number of benzene rings is 1. The minimum Gasteiger partial charge on any atom is -0.466 e. The Labute approximate surface area is 146 Å². The van der Waals surface area contributed by atoms with Crippen molar-refractivity contribution in [3.05, 3.63) is 70.8 Å². The van der Waals surface area contributed by atoms with Crippen molar-refractivity contribution in [3.63, 3.8) is 0 Å². The molecule has 1 aromatic carbocycles. The summed E-state index contributed by atoms with van der Waals surface area (Å²) in [6, 6.07) is 12.3. The van der Waals surface area contributed by atoms with Crippen LogP contribution >= 0.6 is 0 Å². The van der Waals surface area contributed by atoms with Gasteiger partial charge in [-0.1, -0.05) is 24.3 Å². The van der Waals surface area contributed by atoms with E-state index in [1.165, 1.54) is 11.1 Å². The fraction of sp³-hybridized carbons (Fsp3) is 0.300. The zero-order chi connectivity index (χ0) is 17.4. The molecule has 1 atom stereocenters. The number of carbonyl (C=O) groups excluding carboxylic acids is 1. The molecule has 0 saturated heterocycles. The molecule has 2 heterocycles. The van der Waals surface area contributed by atoms with Gasteiger partial charge in [0.2, 0.25) is 0 Å². The summed E-state index contributed by atoms with van der Waals surface area (Å²) >= 11 is 0. The second-order valence-corrected chi connectivity index (χ2v) is 6.55. The van der Waals surface area contributed by atoms with E-state index in [9.17, 15) is 4.79 Å². The average Bonchev–Trinajstić information content (AvgIpc) is 3.20. The lowest BCUT2D eigenvalue weighted by atomic mass is 9.88. The van der Waals surface area contributed by atoms with E-state index in [1.807, 2.05) is 17.7 Å². The number of aryl methyl sites for hydroxylation is 3. The first-order valence-corrected chi connectivity index (χ1v) is 8.63. The van der Waals surface area contributed by atoms with Gasteiger partial charge in [0, 0.05) is 6.07 Å². The van der Waals surface area contributed by atoms with Crippen molar-refractivity contribution in [1.29, 1.82) is 0 Å². The molecule has 0 aliphatic heterocycles. The van der Waals surface area contributed by atoms with Crippen LogP contribution in [0.1, 0.15) is 51.9 Å². The number of nitrogens with one attached hydrogen (secondary N) is 1. The first-order chi connectivity index (χ1) is 12.1. The molecule has 0 spiro atoms. The van der Waals surface area contributed by atoms with Gasteiger partial charge >= 0.3 is 0 Å². The van der Waals surface area contributed by atoms with Gasteiger partial charge in [0.15, 0.2) is 0 Å². The highest BCUT2D eigenvalue weighted by Crippen LogP contribution is 2.34. The summed E-state index contributed by atoms with van der Waals surface area (Å²) in [6.07, 6.45) is 4.98. The topological polar surface area (TPSA) is 60.1 Å². The Morgan fingerprint density at radius 3 is 2.92 bits per heavy atom. The summed E-state index contributed by atoms with van der Waals surface area (Å²) in [5.74, 6) is 1.91. The number of rotatable bonds is 3. The maximum atomic E-state index is 12.6. The lowest BCUT2D eigenvalue weighted by Gasteiger charge is -2.27. The Hall–Kier alpha value is -2.82. The Morgan fingerprint density at radius 2 is 2.12 bits per heavy atom. The van der Waals surface area contributed by atoms with Crippen LogP contribution in [0.3, 0.4) is 0 Å². The molecular weight excluding hydrogens is 314 g/mol. The molecule has 4 rings (SSSR count). The van der Waals surface area contributed by atoms with Gasteiger partial charge in [-0.05, 0) is 50.3 Å². The molecule has 3 aromatic rings. The molecule has 5 heteroatoms. The van der Waals surface area contributed by atoms with Crippen LogP contribution in [-0.2, 0) is 6.42 Å². The van der Waals surface area contributed by atoms with Crippen LogP contribution in [0.5, 0.6) is 0 Å². The van der Waals surface area contributed by atoms with Crippen molar-refractivity contribution in [2.45, 2.75) is 39.2 Å². The van der Waals surface area contributed by atoms with E-state index in [2.05, 4.69) is 34.7 Å². The summed E-state index contributed by atoms with van der Waals surface area (Å²) < 4.78 is 7.39. The third-order valence-electron chi connectivity index (χ3n) is 4.83. The summed E-state index contributed by atoms with van der Waals surface area (Å²) in [5.41, 5.74) is 3.23. The van der Waals surface area contributed by atoms with Gasteiger partial charge in [-0.3, -0.25) is 4.79 Å². The zero-order valence-electron chi connectivity index (χ0n) is 14.5. The van der Waals surface area contributed by atoms with Gasteiger partial charge in [-0.2, -0.15) is 5.10 Å². The molecule has 2 aromatic heterocycles. The van der Waals surface area contributed by atoms with Gasteiger partial charge in [0.1, 0.15) is 17.3 Å². The van der Waals surface area contributed by atoms with E-state index in [-0.39, 0.29) is 11.9 Å². The lowest BCUT2D eigenvalue weighted by Crippen LogP contribution is -2.22. The second-order valence-electron chi connectivity index (χ2n) is 6.55. The monoisotopic (exact) mass is 335 g/mol. The Bertz CT molecular complexity index is 923. The summed E-state index contributed by atoms with van der Waals surface area (Å²) in [6.45, 7) is 3.64. The number of hydrogen-bond acceptors (Lipinski definition) is 3. The van der Waals surface area contributed by atoms with Gasteiger partial charge in [-0.25, -0.2) is 4.68 Å². The maximum Gasteiger partial charge on any atom is 0.260 e. The highest BCUT2D eigenvalue weighted by atomic mass is 16.3. The van der Waals surface area contributed by atoms with Crippen LogP contribution in [0.4, 0.5) is 5.82 Å².